The van der Waals surface area contributed by atoms with Gasteiger partial charge in [0.25, 0.3) is 0 Å². The van der Waals surface area contributed by atoms with E-state index in [1.54, 1.807) is 20.8 Å². The van der Waals surface area contributed by atoms with Gasteiger partial charge in [-0.3, -0.25) is 4.79 Å². The topological polar surface area (TPSA) is 158 Å². The Morgan fingerprint density at radius 3 is 2.59 bits per heavy atom. The van der Waals surface area contributed by atoms with E-state index in [-0.39, 0.29) is 36.5 Å². The number of hydrogen-bond acceptors (Lipinski definition) is 6. The number of unbranched alkanes of at least 4 members (excludes halogenated alkanes) is 2. The quantitative estimate of drug-likeness (QED) is 0.238. The predicted octanol–water partition coefficient (Wildman–Crippen LogP) is 0.833. The molecule has 0 aromatic rings. The fourth-order valence-electron chi connectivity index (χ4n) is 3.95. The summed E-state index contributed by atoms with van der Waals surface area (Å²) in [5.74, 6) is -1.35. The minimum atomic E-state index is -1.07. The molecule has 4 amide bonds. The minimum absolute atomic E-state index is 0.0810. The third-order valence-corrected chi connectivity index (χ3v) is 5.47. The zero-order valence-electron chi connectivity index (χ0n) is 19.2. The molecular formula is C21H37N5O6. The van der Waals surface area contributed by atoms with Crippen LogP contribution in [0.25, 0.3) is 0 Å². The van der Waals surface area contributed by atoms with E-state index in [4.69, 9.17) is 4.74 Å². The fourth-order valence-corrected chi connectivity index (χ4v) is 3.95. The van der Waals surface area contributed by atoms with Gasteiger partial charge >= 0.3 is 18.1 Å². The van der Waals surface area contributed by atoms with Gasteiger partial charge in [-0.05, 0) is 52.9 Å². The highest BCUT2D eigenvalue weighted by atomic mass is 16.6. The van der Waals surface area contributed by atoms with Crippen molar-refractivity contribution in [2.24, 2.45) is 0 Å². The van der Waals surface area contributed by atoms with Gasteiger partial charge in [0.05, 0.1) is 12.1 Å². The Morgan fingerprint density at radius 1 is 1.16 bits per heavy atom. The molecule has 2 rings (SSSR count). The fraction of sp³-hybridized carbons (Fsp3) is 0.810. The Kier molecular flexibility index (Phi) is 9.55. The van der Waals surface area contributed by atoms with Gasteiger partial charge in [-0.25, -0.2) is 14.4 Å². The number of ether oxygens (including phenoxy) is 1. The number of carboxylic acids is 1. The summed E-state index contributed by atoms with van der Waals surface area (Å²) in [6, 6.07) is -0.695. The molecule has 4 unspecified atom stereocenters. The van der Waals surface area contributed by atoms with Gasteiger partial charge in [-0.15, -0.1) is 0 Å². The molecule has 2 saturated heterocycles. The lowest BCUT2D eigenvalue weighted by Crippen LogP contribution is -2.41. The van der Waals surface area contributed by atoms with Crippen LogP contribution in [0.3, 0.4) is 0 Å². The monoisotopic (exact) mass is 455 g/mol. The van der Waals surface area contributed by atoms with E-state index in [1.807, 2.05) is 0 Å². The first-order chi connectivity index (χ1) is 15.0. The molecule has 6 N–H and O–H groups in total. The molecule has 0 spiro atoms. The average Bonchev–Trinajstić information content (AvgIpc) is 3.21. The van der Waals surface area contributed by atoms with Gasteiger partial charge in [0.15, 0.2) is 0 Å². The number of hydrogen-bond donors (Lipinski definition) is 6. The summed E-state index contributed by atoms with van der Waals surface area (Å²) in [6.45, 7) is 6.45. The molecule has 2 fully saturated rings. The predicted molar refractivity (Wildman–Crippen MR) is 117 cm³/mol. The second-order valence-corrected chi connectivity index (χ2v) is 9.39. The first-order valence-electron chi connectivity index (χ1n) is 11.3. The van der Waals surface area contributed by atoms with E-state index in [0.717, 1.165) is 19.4 Å². The van der Waals surface area contributed by atoms with Gasteiger partial charge in [0.2, 0.25) is 5.91 Å². The number of rotatable bonds is 12. The Balaban J connectivity index is 1.57. The molecule has 4 atom stereocenters. The first kappa shape index (κ1) is 25.7. The van der Waals surface area contributed by atoms with Crippen LogP contribution in [0, 0.1) is 0 Å². The second-order valence-electron chi connectivity index (χ2n) is 9.39. The third-order valence-electron chi connectivity index (χ3n) is 5.47. The molecule has 182 valence electrons. The van der Waals surface area contributed by atoms with Crippen molar-refractivity contribution in [2.75, 3.05) is 13.1 Å². The van der Waals surface area contributed by atoms with Crippen LogP contribution >= 0.6 is 0 Å². The molecule has 0 saturated carbocycles. The zero-order chi connectivity index (χ0) is 23.7. The number of carboxylic acid groups (broad SMARTS) is 1. The molecule has 0 aromatic carbocycles. The molecule has 0 aliphatic carbocycles. The summed E-state index contributed by atoms with van der Waals surface area (Å²) in [5.41, 5.74) is -0.567. The first-order valence-corrected chi connectivity index (χ1v) is 11.3. The lowest BCUT2D eigenvalue weighted by molar-refractivity contribution is -0.142. The van der Waals surface area contributed by atoms with Crippen LogP contribution < -0.4 is 26.6 Å². The zero-order valence-corrected chi connectivity index (χ0v) is 19.2. The van der Waals surface area contributed by atoms with Crippen LogP contribution in [0.1, 0.15) is 65.7 Å². The lowest BCUT2D eigenvalue weighted by Gasteiger charge is -2.19. The van der Waals surface area contributed by atoms with Crippen LogP contribution in [0.2, 0.25) is 0 Å². The van der Waals surface area contributed by atoms with Gasteiger partial charge in [-0.1, -0.05) is 6.42 Å². The van der Waals surface area contributed by atoms with Crippen LogP contribution in [0.15, 0.2) is 0 Å². The Hall–Kier alpha value is -2.56. The summed E-state index contributed by atoms with van der Waals surface area (Å²) in [7, 11) is 0. The van der Waals surface area contributed by atoms with E-state index < -0.39 is 23.7 Å². The maximum Gasteiger partial charge on any atom is 0.407 e. The molecule has 0 aromatic heterocycles. The summed E-state index contributed by atoms with van der Waals surface area (Å²) < 4.78 is 5.13. The standard InChI is InChI=1S/C21H37N5O6/c1-21(2,3)32-20(31)22-11-7-6-9-14(18(28)29)24-16(27)10-5-4-8-13-17-15(12-23-13)25-19(30)26-17/h13-15,17,23H,4-12H2,1-3H3,(H,22,31)(H,24,27)(H,28,29)(H2,25,26,30). The molecule has 0 bridgehead atoms. The van der Waals surface area contributed by atoms with Crippen LogP contribution in [0.5, 0.6) is 0 Å². The van der Waals surface area contributed by atoms with Crippen molar-refractivity contribution >= 4 is 24.0 Å². The normalized spacial score (nSPS) is 23.0. The maximum absolute atomic E-state index is 12.2. The average molecular weight is 456 g/mol. The minimum Gasteiger partial charge on any atom is -0.480 e. The van der Waals surface area contributed by atoms with Crippen molar-refractivity contribution < 1.29 is 29.0 Å². The third kappa shape index (κ3) is 8.89. The van der Waals surface area contributed by atoms with Crippen molar-refractivity contribution in [2.45, 2.75) is 95.5 Å². The summed E-state index contributed by atoms with van der Waals surface area (Å²) in [6.07, 6.45) is 3.46. The van der Waals surface area contributed by atoms with Crippen LogP contribution in [-0.4, -0.2) is 72.0 Å². The summed E-state index contributed by atoms with van der Waals surface area (Å²) in [5, 5.41) is 23.7. The van der Waals surface area contributed by atoms with E-state index in [0.29, 0.717) is 32.2 Å². The summed E-state index contributed by atoms with van der Waals surface area (Å²) >= 11 is 0. The van der Waals surface area contributed by atoms with E-state index in [2.05, 4.69) is 26.6 Å². The number of alkyl carbamates (subject to hydrolysis) is 1. The SMILES string of the molecule is CC(C)(C)OC(=O)NCCCCC(NC(=O)CCCCC1NCC2NC(=O)NC12)C(=O)O. The number of fused-ring (bicyclic) bond motifs is 1. The maximum atomic E-state index is 12.2. The van der Waals surface area contributed by atoms with Gasteiger partial charge < -0.3 is 36.4 Å². The Labute approximate surface area is 188 Å². The molecule has 2 aliphatic rings. The van der Waals surface area contributed by atoms with Crippen LogP contribution in [0.4, 0.5) is 9.59 Å². The number of carbonyl (C=O) groups is 4. The summed E-state index contributed by atoms with van der Waals surface area (Å²) in [4.78, 5) is 46.6. The molecule has 0 radical (unpaired) electrons. The van der Waals surface area contributed by atoms with Gasteiger partial charge in [0.1, 0.15) is 11.6 Å². The molecular weight excluding hydrogens is 418 g/mol. The Morgan fingerprint density at radius 2 is 1.91 bits per heavy atom. The van der Waals surface area contributed by atoms with Crippen molar-refractivity contribution in [1.82, 2.24) is 26.6 Å². The highest BCUT2D eigenvalue weighted by Crippen LogP contribution is 2.18. The molecule has 2 heterocycles. The largest absolute Gasteiger partial charge is 0.480 e. The molecule has 2 aliphatic heterocycles. The van der Waals surface area contributed by atoms with Crippen molar-refractivity contribution in [3.8, 4) is 0 Å². The second kappa shape index (κ2) is 11.9. The van der Waals surface area contributed by atoms with Crippen LogP contribution in [-0.2, 0) is 14.3 Å². The molecule has 32 heavy (non-hydrogen) atoms. The van der Waals surface area contributed by atoms with Crippen molar-refractivity contribution in [1.29, 1.82) is 0 Å². The number of amides is 4. The smallest absolute Gasteiger partial charge is 0.407 e. The Bertz CT molecular complexity index is 680. The van der Waals surface area contributed by atoms with E-state index in [1.165, 1.54) is 0 Å². The number of aliphatic carboxylic acids is 1. The number of carbonyl (C=O) groups excluding carboxylic acids is 3. The van der Waals surface area contributed by atoms with Gasteiger partial charge in [0, 0.05) is 25.6 Å². The van der Waals surface area contributed by atoms with E-state index in [9.17, 15) is 24.3 Å². The van der Waals surface area contributed by atoms with Gasteiger partial charge in [-0.2, -0.15) is 0 Å². The van der Waals surface area contributed by atoms with Crippen molar-refractivity contribution in [3.05, 3.63) is 0 Å². The number of nitrogens with one attached hydrogen (secondary N) is 5. The highest BCUT2D eigenvalue weighted by Gasteiger charge is 2.41. The molecule has 11 heteroatoms. The number of urea groups is 1. The highest BCUT2D eigenvalue weighted by molar-refractivity contribution is 5.83. The van der Waals surface area contributed by atoms with E-state index >= 15 is 0 Å². The molecule has 11 nitrogen and oxygen atoms in total. The van der Waals surface area contributed by atoms with Crippen molar-refractivity contribution in [3.63, 3.8) is 0 Å². The lowest BCUT2D eigenvalue weighted by atomic mass is 10.0.